The van der Waals surface area contributed by atoms with Crippen LogP contribution in [0.15, 0.2) is 24.4 Å². The van der Waals surface area contributed by atoms with Crippen LogP contribution >= 0.6 is 0 Å². The standard InChI is InChI=1S/C16H21N3O2/c1-4-19(5-2)11-7-8-14-12(9-11)15(17)13(10-18-14)16(20)21-6-3/h7-10H,4-6H2,1-3H3,(H2,17,18). The Morgan fingerprint density at radius 2 is 2.00 bits per heavy atom. The van der Waals surface area contributed by atoms with Gasteiger partial charge >= 0.3 is 5.97 Å². The Kier molecular flexibility index (Phi) is 4.62. The first kappa shape index (κ1) is 15.1. The van der Waals surface area contributed by atoms with Crippen molar-refractivity contribution in [3.63, 3.8) is 0 Å². The van der Waals surface area contributed by atoms with E-state index in [1.54, 1.807) is 6.92 Å². The van der Waals surface area contributed by atoms with E-state index in [1.165, 1.54) is 6.20 Å². The van der Waals surface area contributed by atoms with E-state index < -0.39 is 5.97 Å². The average Bonchev–Trinajstić information content (AvgIpc) is 2.49. The van der Waals surface area contributed by atoms with E-state index in [0.717, 1.165) is 29.7 Å². The Bertz CT molecular complexity index is 651. The molecule has 0 fully saturated rings. The van der Waals surface area contributed by atoms with Crippen LogP contribution in [-0.2, 0) is 4.74 Å². The van der Waals surface area contributed by atoms with Crippen molar-refractivity contribution in [2.75, 3.05) is 30.3 Å². The smallest absolute Gasteiger partial charge is 0.341 e. The fraction of sp³-hybridized carbons (Fsp3) is 0.375. The second-order valence-electron chi connectivity index (χ2n) is 4.68. The highest BCUT2D eigenvalue weighted by Crippen LogP contribution is 2.28. The van der Waals surface area contributed by atoms with Crippen LogP contribution in [0.5, 0.6) is 0 Å². The van der Waals surface area contributed by atoms with Crippen molar-refractivity contribution in [2.45, 2.75) is 20.8 Å². The number of rotatable bonds is 5. The van der Waals surface area contributed by atoms with E-state index in [4.69, 9.17) is 10.5 Å². The van der Waals surface area contributed by atoms with E-state index in [9.17, 15) is 4.79 Å². The van der Waals surface area contributed by atoms with Gasteiger partial charge in [-0.05, 0) is 39.0 Å². The number of carbonyl (C=O) groups is 1. The maximum Gasteiger partial charge on any atom is 0.341 e. The van der Waals surface area contributed by atoms with Crippen LogP contribution < -0.4 is 10.6 Å². The van der Waals surface area contributed by atoms with Crippen molar-refractivity contribution in [1.82, 2.24) is 4.98 Å². The molecule has 2 aromatic rings. The van der Waals surface area contributed by atoms with Gasteiger partial charge in [0, 0.05) is 30.4 Å². The van der Waals surface area contributed by atoms with Gasteiger partial charge in [0.25, 0.3) is 0 Å². The van der Waals surface area contributed by atoms with E-state index in [1.807, 2.05) is 18.2 Å². The molecular formula is C16H21N3O2. The van der Waals surface area contributed by atoms with Gasteiger partial charge in [-0.2, -0.15) is 0 Å². The maximum atomic E-state index is 11.9. The minimum atomic E-state index is -0.433. The van der Waals surface area contributed by atoms with Gasteiger partial charge in [0.2, 0.25) is 0 Å². The maximum absolute atomic E-state index is 11.9. The summed E-state index contributed by atoms with van der Waals surface area (Å²) in [6, 6.07) is 5.92. The average molecular weight is 287 g/mol. The van der Waals surface area contributed by atoms with E-state index >= 15 is 0 Å². The molecule has 0 saturated carbocycles. The van der Waals surface area contributed by atoms with Gasteiger partial charge < -0.3 is 15.4 Å². The fourth-order valence-corrected chi connectivity index (χ4v) is 2.36. The van der Waals surface area contributed by atoms with E-state index in [2.05, 4.69) is 23.7 Å². The lowest BCUT2D eigenvalue weighted by Crippen LogP contribution is -2.21. The second-order valence-corrected chi connectivity index (χ2v) is 4.68. The first-order chi connectivity index (χ1) is 10.1. The molecule has 1 aromatic heterocycles. The number of fused-ring (bicyclic) bond motifs is 1. The van der Waals surface area contributed by atoms with Crippen molar-refractivity contribution < 1.29 is 9.53 Å². The Hall–Kier alpha value is -2.30. The lowest BCUT2D eigenvalue weighted by atomic mass is 10.1. The minimum Gasteiger partial charge on any atom is -0.462 e. The molecule has 0 aliphatic rings. The molecule has 0 unspecified atom stereocenters. The highest BCUT2D eigenvalue weighted by atomic mass is 16.5. The molecular weight excluding hydrogens is 266 g/mol. The van der Waals surface area contributed by atoms with Crippen LogP contribution in [-0.4, -0.2) is 30.6 Å². The van der Waals surface area contributed by atoms with E-state index in [0.29, 0.717) is 17.9 Å². The third-order valence-electron chi connectivity index (χ3n) is 3.52. The Labute approximate surface area is 124 Å². The fourth-order valence-electron chi connectivity index (χ4n) is 2.36. The van der Waals surface area contributed by atoms with Gasteiger partial charge in [-0.25, -0.2) is 4.79 Å². The summed E-state index contributed by atoms with van der Waals surface area (Å²) in [6.07, 6.45) is 1.48. The number of hydrogen-bond donors (Lipinski definition) is 1. The Morgan fingerprint density at radius 1 is 1.29 bits per heavy atom. The topological polar surface area (TPSA) is 68.5 Å². The molecule has 0 bridgehead atoms. The summed E-state index contributed by atoms with van der Waals surface area (Å²) in [5.41, 5.74) is 8.73. The molecule has 5 nitrogen and oxygen atoms in total. The number of ether oxygens (including phenoxy) is 1. The number of nitrogens with two attached hydrogens (primary N) is 1. The summed E-state index contributed by atoms with van der Waals surface area (Å²) in [4.78, 5) is 18.4. The van der Waals surface area contributed by atoms with Crippen LogP contribution in [0.4, 0.5) is 11.4 Å². The molecule has 1 heterocycles. The molecule has 112 valence electrons. The number of nitrogen functional groups attached to an aromatic ring is 1. The number of pyridine rings is 1. The zero-order chi connectivity index (χ0) is 15.4. The lowest BCUT2D eigenvalue weighted by molar-refractivity contribution is 0.0527. The van der Waals surface area contributed by atoms with Gasteiger partial charge in [-0.15, -0.1) is 0 Å². The van der Waals surface area contributed by atoms with Crippen LogP contribution in [0.25, 0.3) is 10.9 Å². The number of carbonyl (C=O) groups excluding carboxylic acids is 1. The lowest BCUT2D eigenvalue weighted by Gasteiger charge is -2.21. The molecule has 0 saturated heterocycles. The monoisotopic (exact) mass is 287 g/mol. The molecule has 0 atom stereocenters. The van der Waals surface area contributed by atoms with Crippen molar-refractivity contribution in [3.8, 4) is 0 Å². The largest absolute Gasteiger partial charge is 0.462 e. The number of nitrogens with zero attached hydrogens (tertiary/aromatic N) is 2. The number of hydrogen-bond acceptors (Lipinski definition) is 5. The van der Waals surface area contributed by atoms with Gasteiger partial charge in [-0.3, -0.25) is 4.98 Å². The molecule has 21 heavy (non-hydrogen) atoms. The zero-order valence-electron chi connectivity index (χ0n) is 12.7. The Morgan fingerprint density at radius 3 is 2.62 bits per heavy atom. The highest BCUT2D eigenvalue weighted by molar-refractivity contribution is 6.04. The highest BCUT2D eigenvalue weighted by Gasteiger charge is 2.15. The van der Waals surface area contributed by atoms with Crippen molar-refractivity contribution in [2.24, 2.45) is 0 Å². The SMILES string of the molecule is CCOC(=O)c1cnc2ccc(N(CC)CC)cc2c1N. The van der Waals surface area contributed by atoms with E-state index in [-0.39, 0.29) is 0 Å². The summed E-state index contributed by atoms with van der Waals surface area (Å²) in [6.45, 7) is 8.10. The van der Waals surface area contributed by atoms with Crippen LogP contribution in [0, 0.1) is 0 Å². The van der Waals surface area contributed by atoms with Gasteiger partial charge in [0.05, 0.1) is 17.8 Å². The zero-order valence-corrected chi connectivity index (χ0v) is 12.7. The molecule has 2 N–H and O–H groups in total. The normalized spacial score (nSPS) is 10.6. The summed E-state index contributed by atoms with van der Waals surface area (Å²) >= 11 is 0. The first-order valence-corrected chi connectivity index (χ1v) is 7.22. The third-order valence-corrected chi connectivity index (χ3v) is 3.52. The molecule has 0 spiro atoms. The quantitative estimate of drug-likeness (QED) is 0.856. The minimum absolute atomic E-state index is 0.315. The van der Waals surface area contributed by atoms with Crippen molar-refractivity contribution in [3.05, 3.63) is 30.0 Å². The number of esters is 1. The van der Waals surface area contributed by atoms with Gasteiger partial charge in [-0.1, -0.05) is 0 Å². The Balaban J connectivity index is 2.54. The molecule has 0 radical (unpaired) electrons. The molecule has 2 rings (SSSR count). The third kappa shape index (κ3) is 2.91. The summed E-state index contributed by atoms with van der Waals surface area (Å²) in [5.74, 6) is -0.433. The van der Waals surface area contributed by atoms with Gasteiger partial charge in [0.15, 0.2) is 0 Å². The van der Waals surface area contributed by atoms with Crippen LogP contribution in [0.3, 0.4) is 0 Å². The molecule has 0 aliphatic carbocycles. The predicted octanol–water partition coefficient (Wildman–Crippen LogP) is 2.84. The number of aromatic nitrogens is 1. The van der Waals surface area contributed by atoms with Crippen molar-refractivity contribution >= 4 is 28.2 Å². The molecule has 0 amide bonds. The number of benzene rings is 1. The number of anilines is 2. The molecule has 1 aromatic carbocycles. The first-order valence-electron chi connectivity index (χ1n) is 7.22. The molecule has 5 heteroatoms. The predicted molar refractivity (Wildman–Crippen MR) is 85.7 cm³/mol. The summed E-state index contributed by atoms with van der Waals surface area (Å²) < 4.78 is 5.01. The van der Waals surface area contributed by atoms with Crippen LogP contribution in [0.1, 0.15) is 31.1 Å². The molecule has 0 aliphatic heterocycles. The summed E-state index contributed by atoms with van der Waals surface area (Å²) in [5, 5.41) is 0.782. The second kappa shape index (κ2) is 6.43. The van der Waals surface area contributed by atoms with Crippen LogP contribution in [0.2, 0.25) is 0 Å². The summed E-state index contributed by atoms with van der Waals surface area (Å²) in [7, 11) is 0. The van der Waals surface area contributed by atoms with Gasteiger partial charge in [0.1, 0.15) is 5.56 Å². The van der Waals surface area contributed by atoms with Crippen molar-refractivity contribution in [1.29, 1.82) is 0 Å².